The number of aliphatic carboxylic acids is 1. The van der Waals surface area contributed by atoms with E-state index in [2.05, 4.69) is 10.6 Å². The van der Waals surface area contributed by atoms with Crippen molar-refractivity contribution in [1.29, 1.82) is 0 Å². The van der Waals surface area contributed by atoms with Gasteiger partial charge in [0.15, 0.2) is 0 Å². The molecule has 2 atom stereocenters. The summed E-state index contributed by atoms with van der Waals surface area (Å²) in [5, 5.41) is 15.1. The number of hydrogen-bond donors (Lipinski definition) is 3. The Bertz CT molecular complexity index is 292. The molecule has 1 rings (SSSR count). The standard InChI is InChI=1S/C13H24N2O3/c1-9(2)12(16)15-7-6-14-11-5-3-4-10(8-11)13(17)18/h9-11,14H,3-8H2,1-2H3,(H,15,16)(H,17,18). The van der Waals surface area contributed by atoms with Gasteiger partial charge in [0.05, 0.1) is 5.92 Å². The van der Waals surface area contributed by atoms with Crippen LogP contribution in [0.25, 0.3) is 0 Å². The van der Waals surface area contributed by atoms with Gasteiger partial charge in [-0.05, 0) is 19.3 Å². The first-order valence-corrected chi connectivity index (χ1v) is 6.74. The highest BCUT2D eigenvalue weighted by Gasteiger charge is 2.26. The van der Waals surface area contributed by atoms with Gasteiger partial charge < -0.3 is 15.7 Å². The van der Waals surface area contributed by atoms with E-state index >= 15 is 0 Å². The Hall–Kier alpha value is -1.10. The summed E-state index contributed by atoms with van der Waals surface area (Å²) in [4.78, 5) is 22.2. The monoisotopic (exact) mass is 256 g/mol. The molecule has 0 heterocycles. The van der Waals surface area contributed by atoms with Crippen LogP contribution in [0.4, 0.5) is 0 Å². The van der Waals surface area contributed by atoms with Crippen molar-refractivity contribution in [3.63, 3.8) is 0 Å². The Balaban J connectivity index is 2.15. The van der Waals surface area contributed by atoms with Gasteiger partial charge in [0, 0.05) is 25.0 Å². The summed E-state index contributed by atoms with van der Waals surface area (Å²) in [5.41, 5.74) is 0. The Morgan fingerprint density at radius 1 is 1.28 bits per heavy atom. The molecule has 5 heteroatoms. The van der Waals surface area contributed by atoms with Crippen LogP contribution in [-0.4, -0.2) is 36.1 Å². The molecule has 0 aromatic rings. The van der Waals surface area contributed by atoms with Crippen LogP contribution < -0.4 is 10.6 Å². The minimum Gasteiger partial charge on any atom is -0.481 e. The summed E-state index contributed by atoms with van der Waals surface area (Å²) in [7, 11) is 0. The highest BCUT2D eigenvalue weighted by molar-refractivity contribution is 5.77. The van der Waals surface area contributed by atoms with Crippen LogP contribution in [0, 0.1) is 11.8 Å². The van der Waals surface area contributed by atoms with Gasteiger partial charge in [0.1, 0.15) is 0 Å². The highest BCUT2D eigenvalue weighted by atomic mass is 16.4. The summed E-state index contributed by atoms with van der Waals surface area (Å²) >= 11 is 0. The molecule has 0 aromatic carbocycles. The number of rotatable bonds is 6. The van der Waals surface area contributed by atoms with Gasteiger partial charge in [-0.1, -0.05) is 20.3 Å². The molecule has 1 saturated carbocycles. The zero-order chi connectivity index (χ0) is 13.5. The lowest BCUT2D eigenvalue weighted by atomic mass is 9.86. The molecule has 5 nitrogen and oxygen atoms in total. The fraction of sp³-hybridized carbons (Fsp3) is 0.846. The van der Waals surface area contributed by atoms with Gasteiger partial charge in [-0.25, -0.2) is 0 Å². The van der Waals surface area contributed by atoms with Gasteiger partial charge in [0.2, 0.25) is 5.91 Å². The van der Waals surface area contributed by atoms with E-state index in [1.807, 2.05) is 13.8 Å². The molecule has 3 N–H and O–H groups in total. The van der Waals surface area contributed by atoms with Gasteiger partial charge >= 0.3 is 5.97 Å². The Morgan fingerprint density at radius 2 is 2.00 bits per heavy atom. The third-order valence-corrected chi connectivity index (χ3v) is 3.41. The SMILES string of the molecule is CC(C)C(=O)NCCNC1CCCC(C(=O)O)C1. The fourth-order valence-electron chi connectivity index (χ4n) is 2.27. The van der Waals surface area contributed by atoms with Gasteiger partial charge in [-0.2, -0.15) is 0 Å². The summed E-state index contributed by atoms with van der Waals surface area (Å²) < 4.78 is 0. The maximum absolute atomic E-state index is 11.3. The first-order chi connectivity index (χ1) is 8.50. The van der Waals surface area contributed by atoms with Crippen LogP contribution in [0.3, 0.4) is 0 Å². The maximum Gasteiger partial charge on any atom is 0.306 e. The lowest BCUT2D eigenvalue weighted by molar-refractivity contribution is -0.143. The van der Waals surface area contributed by atoms with E-state index in [1.54, 1.807) is 0 Å². The van der Waals surface area contributed by atoms with Crippen molar-refractivity contribution in [3.05, 3.63) is 0 Å². The summed E-state index contributed by atoms with van der Waals surface area (Å²) in [6.07, 6.45) is 3.49. The Kier molecular flexibility index (Phi) is 6.12. The van der Waals surface area contributed by atoms with Crippen molar-refractivity contribution >= 4 is 11.9 Å². The average molecular weight is 256 g/mol. The molecule has 0 saturated heterocycles. The second-order valence-electron chi connectivity index (χ2n) is 5.30. The molecule has 0 bridgehead atoms. The molecule has 18 heavy (non-hydrogen) atoms. The third-order valence-electron chi connectivity index (χ3n) is 3.41. The molecule has 0 radical (unpaired) electrons. The molecule has 104 valence electrons. The number of amides is 1. The largest absolute Gasteiger partial charge is 0.481 e. The van der Waals surface area contributed by atoms with Gasteiger partial charge in [0.25, 0.3) is 0 Å². The smallest absolute Gasteiger partial charge is 0.306 e. The summed E-state index contributed by atoms with van der Waals surface area (Å²) in [6, 6.07) is 0.274. The van der Waals surface area contributed by atoms with Crippen LogP contribution >= 0.6 is 0 Å². The predicted molar refractivity (Wildman–Crippen MR) is 69.2 cm³/mol. The minimum atomic E-state index is -0.686. The van der Waals surface area contributed by atoms with Crippen LogP contribution in [0.1, 0.15) is 39.5 Å². The van der Waals surface area contributed by atoms with Gasteiger partial charge in [-0.15, -0.1) is 0 Å². The number of carboxylic acids is 1. The minimum absolute atomic E-state index is 0.0103. The summed E-state index contributed by atoms with van der Waals surface area (Å²) in [6.45, 7) is 5.03. The zero-order valence-electron chi connectivity index (χ0n) is 11.2. The normalized spacial score (nSPS) is 23.9. The van der Waals surface area contributed by atoms with E-state index in [9.17, 15) is 9.59 Å². The molecule has 1 fully saturated rings. The van der Waals surface area contributed by atoms with Crippen molar-refractivity contribution in [2.24, 2.45) is 11.8 Å². The zero-order valence-corrected chi connectivity index (χ0v) is 11.2. The maximum atomic E-state index is 11.3. The second kappa shape index (κ2) is 7.36. The van der Waals surface area contributed by atoms with E-state index in [0.29, 0.717) is 19.5 Å². The molecule has 1 aliphatic rings. The quantitative estimate of drug-likeness (QED) is 0.619. The van der Waals surface area contributed by atoms with E-state index in [1.165, 1.54) is 0 Å². The Labute approximate surface area is 108 Å². The highest BCUT2D eigenvalue weighted by Crippen LogP contribution is 2.24. The van der Waals surface area contributed by atoms with E-state index in [4.69, 9.17) is 5.11 Å². The topological polar surface area (TPSA) is 78.4 Å². The van der Waals surface area contributed by atoms with Crippen LogP contribution in [0.5, 0.6) is 0 Å². The van der Waals surface area contributed by atoms with Crippen LogP contribution in [0.15, 0.2) is 0 Å². The van der Waals surface area contributed by atoms with Crippen molar-refractivity contribution in [3.8, 4) is 0 Å². The van der Waals surface area contributed by atoms with Crippen LogP contribution in [0.2, 0.25) is 0 Å². The molecular weight excluding hydrogens is 232 g/mol. The lowest BCUT2D eigenvalue weighted by Gasteiger charge is -2.27. The second-order valence-corrected chi connectivity index (χ2v) is 5.30. The number of carbonyl (C=O) groups is 2. The number of nitrogens with one attached hydrogen (secondary N) is 2. The van der Waals surface area contributed by atoms with Crippen molar-refractivity contribution in [1.82, 2.24) is 10.6 Å². The van der Waals surface area contributed by atoms with Crippen molar-refractivity contribution < 1.29 is 14.7 Å². The van der Waals surface area contributed by atoms with E-state index in [-0.39, 0.29) is 23.8 Å². The first kappa shape index (κ1) is 15.0. The van der Waals surface area contributed by atoms with Crippen molar-refractivity contribution in [2.75, 3.05) is 13.1 Å². The molecule has 0 spiro atoms. The molecule has 0 aromatic heterocycles. The number of carbonyl (C=O) groups excluding carboxylic acids is 1. The van der Waals surface area contributed by atoms with E-state index in [0.717, 1.165) is 19.3 Å². The first-order valence-electron chi connectivity index (χ1n) is 6.74. The summed E-state index contributed by atoms with van der Waals surface area (Å²) in [5.74, 6) is -0.823. The molecule has 0 aliphatic heterocycles. The van der Waals surface area contributed by atoms with Gasteiger partial charge in [-0.3, -0.25) is 9.59 Å². The number of carboxylic acid groups (broad SMARTS) is 1. The average Bonchev–Trinajstić information content (AvgIpc) is 2.34. The van der Waals surface area contributed by atoms with Crippen molar-refractivity contribution in [2.45, 2.75) is 45.6 Å². The van der Waals surface area contributed by atoms with Crippen LogP contribution in [-0.2, 0) is 9.59 Å². The molecule has 1 aliphatic carbocycles. The molecule has 2 unspecified atom stereocenters. The molecular formula is C13H24N2O3. The fourth-order valence-corrected chi connectivity index (χ4v) is 2.27. The third kappa shape index (κ3) is 5.04. The predicted octanol–water partition coefficient (Wildman–Crippen LogP) is 0.992. The Morgan fingerprint density at radius 3 is 2.61 bits per heavy atom. The number of hydrogen-bond acceptors (Lipinski definition) is 3. The lowest BCUT2D eigenvalue weighted by Crippen LogP contribution is -2.41. The molecule has 1 amide bonds. The van der Waals surface area contributed by atoms with E-state index < -0.39 is 5.97 Å².